The Morgan fingerprint density at radius 1 is 0.571 bits per heavy atom. The van der Waals surface area contributed by atoms with Gasteiger partial charge in [-0.15, -0.1) is 0 Å². The van der Waals surface area contributed by atoms with Crippen LogP contribution in [0.15, 0.2) is 152 Å². The molecule has 4 heteroatoms. The summed E-state index contributed by atoms with van der Waals surface area (Å²) in [5.74, 6) is 0. The summed E-state index contributed by atoms with van der Waals surface area (Å²) in [5.41, 5.74) is 9.71. The first kappa shape index (κ1) is 28.6. The predicted octanol–water partition coefficient (Wildman–Crippen LogP) is 11.1. The fourth-order valence-corrected chi connectivity index (χ4v) is 7.77. The molecule has 1 unspecified atom stereocenters. The van der Waals surface area contributed by atoms with E-state index in [1.54, 1.807) is 0 Å². The minimum atomic E-state index is -0.390. The van der Waals surface area contributed by atoms with Crippen LogP contribution in [0.4, 0.5) is 0 Å². The van der Waals surface area contributed by atoms with E-state index in [1.807, 2.05) is 18.2 Å². The molecule has 8 aromatic rings. The second-order valence-corrected chi connectivity index (χ2v) is 13.0. The van der Waals surface area contributed by atoms with Gasteiger partial charge in [0, 0.05) is 43.8 Å². The third kappa shape index (κ3) is 4.28. The highest BCUT2D eigenvalue weighted by atomic mass is 15.0. The van der Waals surface area contributed by atoms with Crippen LogP contribution in [-0.4, -0.2) is 9.13 Å². The third-order valence-electron chi connectivity index (χ3n) is 10.2. The number of para-hydroxylation sites is 5. The van der Waals surface area contributed by atoms with Crippen molar-refractivity contribution in [3.63, 3.8) is 0 Å². The Bertz CT molecular complexity index is 2690. The lowest BCUT2D eigenvalue weighted by molar-refractivity contribution is 0.599. The zero-order valence-electron chi connectivity index (χ0n) is 26.9. The lowest BCUT2D eigenvalue weighted by atomic mass is 9.75. The molecule has 2 heterocycles. The lowest BCUT2D eigenvalue weighted by Crippen LogP contribution is -2.21. The van der Waals surface area contributed by atoms with Gasteiger partial charge in [-0.05, 0) is 60.5 Å². The Hall–Kier alpha value is -6.62. The fraction of sp³-hybridized carbons (Fsp3) is 0.0667. The Kier molecular flexibility index (Phi) is 6.41. The van der Waals surface area contributed by atoms with E-state index in [2.05, 4.69) is 162 Å². The van der Waals surface area contributed by atoms with E-state index in [9.17, 15) is 10.5 Å². The molecule has 1 atom stereocenters. The number of fused-ring (bicyclic) bond motifs is 6. The molecule has 0 saturated carbocycles. The van der Waals surface area contributed by atoms with E-state index >= 15 is 0 Å². The van der Waals surface area contributed by atoms with Crippen LogP contribution in [0.25, 0.3) is 66.1 Å². The van der Waals surface area contributed by atoms with Crippen molar-refractivity contribution < 1.29 is 0 Å². The molecular weight excluding hydrogens is 597 g/mol. The molecule has 4 nitrogen and oxygen atoms in total. The number of allylic oxidation sites excluding steroid dienone is 4. The van der Waals surface area contributed by atoms with Crippen molar-refractivity contribution in [3.05, 3.63) is 168 Å². The monoisotopic (exact) mass is 626 g/mol. The van der Waals surface area contributed by atoms with Crippen molar-refractivity contribution >= 4 is 49.3 Å². The number of nitriles is 2. The Labute approximate surface area is 284 Å². The van der Waals surface area contributed by atoms with Gasteiger partial charge >= 0.3 is 0 Å². The number of hydrogen-bond donors (Lipinski definition) is 0. The van der Waals surface area contributed by atoms with Crippen molar-refractivity contribution in [2.75, 3.05) is 0 Å². The summed E-state index contributed by atoms with van der Waals surface area (Å²) in [6, 6.07) is 51.0. The second kappa shape index (κ2) is 11.0. The topological polar surface area (TPSA) is 57.4 Å². The first-order valence-corrected chi connectivity index (χ1v) is 16.5. The molecule has 0 aliphatic heterocycles. The molecule has 0 bridgehead atoms. The second-order valence-electron chi connectivity index (χ2n) is 13.0. The van der Waals surface area contributed by atoms with Crippen LogP contribution in [0.1, 0.15) is 30.0 Å². The van der Waals surface area contributed by atoms with Crippen molar-refractivity contribution in [3.8, 4) is 29.0 Å². The predicted molar refractivity (Wildman–Crippen MR) is 200 cm³/mol. The van der Waals surface area contributed by atoms with Crippen LogP contribution in [0, 0.1) is 22.7 Å². The number of nitrogens with zero attached hydrogens (tertiary/aromatic N) is 4. The minimum absolute atomic E-state index is 0.388. The quantitative estimate of drug-likeness (QED) is 0.195. The molecular formula is C45H30N4. The third-order valence-corrected chi connectivity index (χ3v) is 10.2. The van der Waals surface area contributed by atoms with Gasteiger partial charge in [0.05, 0.1) is 38.9 Å². The summed E-state index contributed by atoms with van der Waals surface area (Å²) in [7, 11) is 0. The summed E-state index contributed by atoms with van der Waals surface area (Å²) in [6.07, 6.45) is 7.51. The van der Waals surface area contributed by atoms with Gasteiger partial charge in [0.1, 0.15) is 12.1 Å². The van der Waals surface area contributed by atoms with Gasteiger partial charge in [-0.25, -0.2) is 0 Å². The maximum atomic E-state index is 10.5. The first-order chi connectivity index (χ1) is 24.1. The van der Waals surface area contributed by atoms with E-state index in [1.165, 1.54) is 32.6 Å². The molecule has 49 heavy (non-hydrogen) atoms. The molecule has 230 valence electrons. The summed E-state index contributed by atoms with van der Waals surface area (Å²) < 4.78 is 4.62. The molecule has 1 aliphatic rings. The standard InChI is InChI=1S/C45H30N4/c1-45(24-22-32(23-25-45)48-40-17-7-2-12-33(40)34-13-3-8-18-41(34)48)31-26-30(28-46)39(29-47)38(27-31)37-16-6-11-21-44(37)49-42-19-9-4-14-35(42)36-15-5-10-20-43(36)49/h2-24,26-27H,25H2,1H3. The number of aromatic nitrogens is 2. The van der Waals surface area contributed by atoms with E-state index in [-0.39, 0.29) is 0 Å². The number of hydrogen-bond acceptors (Lipinski definition) is 2. The van der Waals surface area contributed by atoms with E-state index in [0.29, 0.717) is 11.1 Å². The lowest BCUT2D eigenvalue weighted by Gasteiger charge is -2.30. The summed E-state index contributed by atoms with van der Waals surface area (Å²) in [5, 5.41) is 25.7. The van der Waals surface area contributed by atoms with Gasteiger partial charge in [0.25, 0.3) is 0 Å². The van der Waals surface area contributed by atoms with Crippen LogP contribution >= 0.6 is 0 Å². The van der Waals surface area contributed by atoms with E-state index in [0.717, 1.165) is 45.5 Å². The molecule has 0 fully saturated rings. The SMILES string of the molecule is CC1(c2cc(C#N)c(C#N)c(-c3ccccc3-n3c4ccccc4c4ccccc43)c2)C=CC(n2c3ccccc3c3ccccc32)=CC1. The molecule has 0 N–H and O–H groups in total. The average Bonchev–Trinajstić information content (AvgIpc) is 3.68. The van der Waals surface area contributed by atoms with Gasteiger partial charge in [-0.1, -0.05) is 110 Å². The molecule has 1 aliphatic carbocycles. The smallest absolute Gasteiger partial charge is 0.101 e. The maximum Gasteiger partial charge on any atom is 0.101 e. The van der Waals surface area contributed by atoms with E-state index in [4.69, 9.17) is 0 Å². The van der Waals surface area contributed by atoms with Gasteiger partial charge in [-0.3, -0.25) is 0 Å². The zero-order valence-corrected chi connectivity index (χ0v) is 26.9. The molecule has 0 spiro atoms. The fourth-order valence-electron chi connectivity index (χ4n) is 7.77. The molecule has 0 saturated heterocycles. The highest BCUT2D eigenvalue weighted by molar-refractivity contribution is 6.11. The maximum absolute atomic E-state index is 10.5. The molecule has 2 aromatic heterocycles. The van der Waals surface area contributed by atoms with Gasteiger partial charge < -0.3 is 9.13 Å². The Balaban J connectivity index is 1.20. The minimum Gasteiger partial charge on any atom is -0.310 e. The molecule has 9 rings (SSSR count). The molecule has 6 aromatic carbocycles. The van der Waals surface area contributed by atoms with Crippen LogP contribution in [-0.2, 0) is 5.41 Å². The van der Waals surface area contributed by atoms with Crippen LogP contribution in [0.3, 0.4) is 0 Å². The van der Waals surface area contributed by atoms with Gasteiger partial charge in [0.15, 0.2) is 0 Å². The Morgan fingerprint density at radius 3 is 1.59 bits per heavy atom. The van der Waals surface area contributed by atoms with Gasteiger partial charge in [-0.2, -0.15) is 10.5 Å². The van der Waals surface area contributed by atoms with Crippen LogP contribution in [0.5, 0.6) is 0 Å². The largest absolute Gasteiger partial charge is 0.310 e. The number of benzene rings is 6. The molecule has 0 radical (unpaired) electrons. The van der Waals surface area contributed by atoms with Crippen molar-refractivity contribution in [2.45, 2.75) is 18.8 Å². The van der Waals surface area contributed by atoms with Crippen LogP contribution < -0.4 is 0 Å². The molecule has 0 amide bonds. The summed E-state index contributed by atoms with van der Waals surface area (Å²) in [6.45, 7) is 2.22. The van der Waals surface area contributed by atoms with E-state index < -0.39 is 5.41 Å². The highest BCUT2D eigenvalue weighted by Gasteiger charge is 2.29. The van der Waals surface area contributed by atoms with Crippen molar-refractivity contribution in [1.29, 1.82) is 10.5 Å². The highest BCUT2D eigenvalue weighted by Crippen LogP contribution is 2.43. The van der Waals surface area contributed by atoms with Gasteiger partial charge in [0.2, 0.25) is 0 Å². The van der Waals surface area contributed by atoms with Crippen molar-refractivity contribution in [2.24, 2.45) is 0 Å². The normalized spacial score (nSPS) is 15.9. The Morgan fingerprint density at radius 2 is 1.08 bits per heavy atom. The zero-order chi connectivity index (χ0) is 33.1. The number of rotatable bonds is 4. The average molecular weight is 627 g/mol. The first-order valence-electron chi connectivity index (χ1n) is 16.5. The summed E-state index contributed by atoms with van der Waals surface area (Å²) in [4.78, 5) is 0. The van der Waals surface area contributed by atoms with Crippen molar-refractivity contribution in [1.82, 2.24) is 9.13 Å². The van der Waals surface area contributed by atoms with Crippen LogP contribution in [0.2, 0.25) is 0 Å². The summed E-state index contributed by atoms with van der Waals surface area (Å²) >= 11 is 0.